The van der Waals surface area contributed by atoms with Crippen molar-refractivity contribution in [3.63, 3.8) is 0 Å². The van der Waals surface area contributed by atoms with Gasteiger partial charge >= 0.3 is 5.97 Å². The largest absolute Gasteiger partial charge is 0.481 e. The number of carbonyl (C=O) groups excluding carboxylic acids is 1. The smallest absolute Gasteiger partial charge is 0.305 e. The molecule has 6 heteroatoms. The molecule has 4 rings (SSSR count). The van der Waals surface area contributed by atoms with Crippen LogP contribution < -0.4 is 5.32 Å². The van der Waals surface area contributed by atoms with E-state index in [9.17, 15) is 9.59 Å². The van der Waals surface area contributed by atoms with Crippen LogP contribution in [0.25, 0.3) is 10.1 Å². The number of benzene rings is 2. The highest BCUT2D eigenvalue weighted by Crippen LogP contribution is 2.43. The molecule has 1 aliphatic rings. The first kappa shape index (κ1) is 23.3. The van der Waals surface area contributed by atoms with Crippen LogP contribution in [-0.4, -0.2) is 35.5 Å². The van der Waals surface area contributed by atoms with E-state index in [1.54, 1.807) is 7.05 Å². The molecule has 2 aromatic carbocycles. The normalized spacial score (nSPS) is 15.3. The molecule has 1 saturated carbocycles. The van der Waals surface area contributed by atoms with Gasteiger partial charge in [-0.2, -0.15) is 0 Å². The Morgan fingerprint density at radius 2 is 1.79 bits per heavy atom. The third-order valence-corrected chi connectivity index (χ3v) is 7.82. The quantitative estimate of drug-likeness (QED) is 0.400. The molecule has 0 radical (unpaired) electrons. The fourth-order valence-corrected chi connectivity index (χ4v) is 6.05. The Morgan fingerprint density at radius 1 is 1.09 bits per heavy atom. The van der Waals surface area contributed by atoms with Crippen LogP contribution in [0.5, 0.6) is 0 Å². The lowest BCUT2D eigenvalue weighted by molar-refractivity contribution is -0.137. The molecule has 1 aromatic heterocycles. The number of aliphatic carboxylic acids is 1. The van der Waals surface area contributed by atoms with Gasteiger partial charge in [0.2, 0.25) is 0 Å². The molecule has 0 aliphatic heterocycles. The summed E-state index contributed by atoms with van der Waals surface area (Å²) in [6.07, 6.45) is 6.27. The molecule has 1 unspecified atom stereocenters. The van der Waals surface area contributed by atoms with Gasteiger partial charge in [0.1, 0.15) is 0 Å². The van der Waals surface area contributed by atoms with Crippen molar-refractivity contribution in [2.75, 3.05) is 18.9 Å². The van der Waals surface area contributed by atoms with E-state index >= 15 is 0 Å². The van der Waals surface area contributed by atoms with Gasteiger partial charge in [0.15, 0.2) is 0 Å². The first-order valence-corrected chi connectivity index (χ1v) is 12.6. The van der Waals surface area contributed by atoms with E-state index in [1.165, 1.54) is 57.5 Å². The van der Waals surface area contributed by atoms with Crippen molar-refractivity contribution < 1.29 is 14.7 Å². The number of carboxylic acids is 1. The lowest BCUT2D eigenvalue weighted by Crippen LogP contribution is -2.29. The Morgan fingerprint density at radius 3 is 2.48 bits per heavy atom. The zero-order valence-electron chi connectivity index (χ0n) is 19.3. The molecule has 1 aliphatic carbocycles. The van der Waals surface area contributed by atoms with Crippen molar-refractivity contribution >= 4 is 39.0 Å². The third kappa shape index (κ3) is 5.38. The van der Waals surface area contributed by atoms with Gasteiger partial charge in [-0.15, -0.1) is 11.3 Å². The summed E-state index contributed by atoms with van der Waals surface area (Å²) < 4.78 is 1.33. The van der Waals surface area contributed by atoms with E-state index in [1.807, 2.05) is 35.6 Å². The highest BCUT2D eigenvalue weighted by atomic mass is 32.1. The summed E-state index contributed by atoms with van der Waals surface area (Å²) in [7, 11) is 1.64. The zero-order valence-corrected chi connectivity index (χ0v) is 20.2. The van der Waals surface area contributed by atoms with E-state index in [0.29, 0.717) is 11.5 Å². The van der Waals surface area contributed by atoms with Crippen molar-refractivity contribution in [3.8, 4) is 0 Å². The first-order valence-electron chi connectivity index (χ1n) is 11.8. The molecule has 0 saturated heterocycles. The number of carboxylic acid groups (broad SMARTS) is 1. The van der Waals surface area contributed by atoms with Crippen LogP contribution in [-0.2, 0) is 4.79 Å². The van der Waals surface area contributed by atoms with Crippen LogP contribution in [0.3, 0.4) is 0 Å². The van der Waals surface area contributed by atoms with Gasteiger partial charge in [0, 0.05) is 34.4 Å². The molecule has 1 amide bonds. The maximum atomic E-state index is 12.6. The van der Waals surface area contributed by atoms with Crippen LogP contribution >= 0.6 is 11.3 Å². The molecular formula is C27H32N2O3S. The van der Waals surface area contributed by atoms with Crippen molar-refractivity contribution in [3.05, 3.63) is 64.5 Å². The number of aryl methyl sites for hydroxylation is 1. The number of carbonyl (C=O) groups is 2. The van der Waals surface area contributed by atoms with Crippen molar-refractivity contribution in [2.45, 2.75) is 51.5 Å². The molecule has 0 spiro atoms. The summed E-state index contributed by atoms with van der Waals surface area (Å²) in [6.45, 7) is 2.43. The maximum Gasteiger partial charge on any atom is 0.305 e. The molecular weight excluding hydrogens is 432 g/mol. The molecule has 2 N–H and O–H groups in total. The van der Waals surface area contributed by atoms with Gasteiger partial charge < -0.3 is 15.3 Å². The summed E-state index contributed by atoms with van der Waals surface area (Å²) in [6, 6.07) is 16.5. The topological polar surface area (TPSA) is 69.6 Å². The summed E-state index contributed by atoms with van der Waals surface area (Å²) >= 11 is 1.87. The molecule has 174 valence electrons. The maximum absolute atomic E-state index is 12.6. The van der Waals surface area contributed by atoms with Crippen LogP contribution in [0.1, 0.15) is 65.4 Å². The summed E-state index contributed by atoms with van der Waals surface area (Å²) in [5, 5.41) is 14.0. The van der Waals surface area contributed by atoms with Gasteiger partial charge in [0.25, 0.3) is 5.91 Å². The van der Waals surface area contributed by atoms with E-state index in [0.717, 1.165) is 5.69 Å². The van der Waals surface area contributed by atoms with Gasteiger partial charge in [0.05, 0.1) is 12.5 Å². The number of hydrogen-bond donors (Lipinski definition) is 2. The van der Waals surface area contributed by atoms with Crippen LogP contribution in [0.4, 0.5) is 5.69 Å². The number of fused-ring (bicyclic) bond motifs is 1. The molecule has 1 heterocycles. The fourth-order valence-electron chi connectivity index (χ4n) is 4.94. The van der Waals surface area contributed by atoms with Crippen molar-refractivity contribution in [1.29, 1.82) is 0 Å². The number of hydrogen-bond acceptors (Lipinski definition) is 4. The average Bonchev–Trinajstić information content (AvgIpc) is 3.17. The minimum atomic E-state index is -0.904. The number of nitrogens with one attached hydrogen (secondary N) is 1. The van der Waals surface area contributed by atoms with E-state index in [2.05, 4.69) is 36.5 Å². The molecule has 5 nitrogen and oxygen atoms in total. The predicted octanol–water partition coefficient (Wildman–Crippen LogP) is 6.49. The van der Waals surface area contributed by atoms with Gasteiger partial charge in [-0.25, -0.2) is 0 Å². The Labute approximate surface area is 199 Å². The van der Waals surface area contributed by atoms with Crippen molar-refractivity contribution in [1.82, 2.24) is 4.90 Å². The molecule has 0 bridgehead atoms. The Kier molecular flexibility index (Phi) is 7.33. The highest BCUT2D eigenvalue weighted by molar-refractivity contribution is 7.19. The lowest BCUT2D eigenvalue weighted by Gasteiger charge is -2.32. The van der Waals surface area contributed by atoms with E-state index in [4.69, 9.17) is 5.11 Å². The highest BCUT2D eigenvalue weighted by Gasteiger charge is 2.29. The van der Waals surface area contributed by atoms with E-state index < -0.39 is 5.97 Å². The SMILES string of the molecule is Cc1sc2ccccc2c1C(Nc1ccc(C(=O)N(C)CCC(=O)O)cc1)C1CCCCC1. The second-order valence-electron chi connectivity index (χ2n) is 9.04. The minimum Gasteiger partial charge on any atom is -0.481 e. The van der Waals surface area contributed by atoms with Crippen molar-refractivity contribution in [2.24, 2.45) is 5.92 Å². The summed E-state index contributed by atoms with van der Waals surface area (Å²) in [4.78, 5) is 26.3. The van der Waals surface area contributed by atoms with Crippen LogP contribution in [0, 0.1) is 12.8 Å². The zero-order chi connectivity index (χ0) is 23.4. The molecule has 1 fully saturated rings. The first-order chi connectivity index (χ1) is 15.9. The number of amides is 1. The monoisotopic (exact) mass is 464 g/mol. The Bertz CT molecular complexity index is 1120. The molecule has 1 atom stereocenters. The number of nitrogens with zero attached hydrogens (tertiary/aromatic N) is 1. The fraction of sp³-hybridized carbons (Fsp3) is 0.407. The Balaban J connectivity index is 1.57. The molecule has 33 heavy (non-hydrogen) atoms. The van der Waals surface area contributed by atoms with Gasteiger partial charge in [-0.1, -0.05) is 37.5 Å². The lowest BCUT2D eigenvalue weighted by atomic mass is 9.80. The number of anilines is 1. The summed E-state index contributed by atoms with van der Waals surface area (Å²) in [5.41, 5.74) is 2.99. The average molecular weight is 465 g/mol. The molecule has 3 aromatic rings. The van der Waals surface area contributed by atoms with Gasteiger partial charge in [-0.3, -0.25) is 9.59 Å². The Hall–Kier alpha value is -2.86. The number of rotatable bonds is 8. The predicted molar refractivity (Wildman–Crippen MR) is 135 cm³/mol. The minimum absolute atomic E-state index is 0.0567. The van der Waals surface area contributed by atoms with Crippen LogP contribution in [0.2, 0.25) is 0 Å². The van der Waals surface area contributed by atoms with Crippen LogP contribution in [0.15, 0.2) is 48.5 Å². The van der Waals surface area contributed by atoms with Gasteiger partial charge in [-0.05, 0) is 67.0 Å². The second kappa shape index (κ2) is 10.4. The van der Waals surface area contributed by atoms with E-state index in [-0.39, 0.29) is 24.9 Å². The summed E-state index contributed by atoms with van der Waals surface area (Å²) in [5.74, 6) is -0.482. The standard InChI is InChI=1S/C27H32N2O3S/c1-18-25(22-10-6-7-11-23(22)33-18)26(19-8-4-3-5-9-19)28-21-14-12-20(13-15-21)27(32)29(2)17-16-24(30)31/h6-7,10-15,19,26,28H,3-5,8-9,16-17H2,1-2H3,(H,30,31). The number of thiophene rings is 1. The second-order valence-corrected chi connectivity index (χ2v) is 10.3. The third-order valence-electron chi connectivity index (χ3n) is 6.71.